The van der Waals surface area contributed by atoms with Crippen LogP contribution in [0.2, 0.25) is 0 Å². The summed E-state index contributed by atoms with van der Waals surface area (Å²) < 4.78 is 0. The number of para-hydroxylation sites is 2. The average Bonchev–Trinajstić information content (AvgIpc) is 3.30. The van der Waals surface area contributed by atoms with Gasteiger partial charge in [-0.15, -0.1) is 0 Å². The summed E-state index contributed by atoms with van der Waals surface area (Å²) in [6, 6.07) is 60.8. The normalized spacial score (nSPS) is 13.6. The van der Waals surface area contributed by atoms with Gasteiger partial charge in [0.2, 0.25) is 0 Å². The third kappa shape index (κ3) is 8.07. The molecule has 10 rings (SSSR count). The van der Waals surface area contributed by atoms with E-state index in [-0.39, 0.29) is 28.4 Å². The Hall–Kier alpha value is -6.72. The molecule has 7 aromatic carbocycles. The number of hydrogen-bond donors (Lipinski definition) is 0. The van der Waals surface area contributed by atoms with Crippen molar-refractivity contribution in [3.05, 3.63) is 186 Å². The monoisotopic (exact) mass is 875 g/mol. The minimum absolute atomic E-state index is 0.00937. The molecule has 1 aromatic heterocycles. The fraction of sp³-hybridized carbons (Fsp3) is 0.258. The molecule has 2 aliphatic heterocycles. The fourth-order valence-corrected chi connectivity index (χ4v) is 9.88. The Bertz CT molecular complexity index is 2910. The van der Waals surface area contributed by atoms with Crippen molar-refractivity contribution < 1.29 is 0 Å². The molecule has 0 amide bonds. The molecule has 67 heavy (non-hydrogen) atoms. The quantitative estimate of drug-likeness (QED) is 0.161. The summed E-state index contributed by atoms with van der Waals surface area (Å²) in [6.45, 7) is 28.0. The second kappa shape index (κ2) is 16.0. The summed E-state index contributed by atoms with van der Waals surface area (Å²) in [7, 11) is 0. The molecule has 3 heterocycles. The molecular formula is C62H63BN4. The summed E-state index contributed by atoms with van der Waals surface area (Å²) in [5, 5.41) is 0. The van der Waals surface area contributed by atoms with Crippen molar-refractivity contribution in [3.8, 4) is 33.9 Å². The van der Waals surface area contributed by atoms with Crippen molar-refractivity contribution in [3.63, 3.8) is 0 Å². The van der Waals surface area contributed by atoms with Crippen LogP contribution in [0.15, 0.2) is 164 Å². The van der Waals surface area contributed by atoms with E-state index in [1.54, 1.807) is 0 Å². The zero-order valence-corrected chi connectivity index (χ0v) is 41.5. The molecule has 2 aliphatic rings. The van der Waals surface area contributed by atoms with Crippen LogP contribution in [0.1, 0.15) is 105 Å². The van der Waals surface area contributed by atoms with Crippen LogP contribution in [-0.2, 0) is 21.7 Å². The van der Waals surface area contributed by atoms with Crippen LogP contribution < -0.4 is 26.2 Å². The molecule has 334 valence electrons. The van der Waals surface area contributed by atoms with E-state index in [1.165, 1.54) is 50.0 Å². The highest BCUT2D eigenvalue weighted by atomic mass is 15.2. The Morgan fingerprint density at radius 3 is 1.10 bits per heavy atom. The molecule has 0 saturated heterocycles. The van der Waals surface area contributed by atoms with E-state index >= 15 is 0 Å². The lowest BCUT2D eigenvalue weighted by Crippen LogP contribution is -2.61. The second-order valence-corrected chi connectivity index (χ2v) is 22.9. The van der Waals surface area contributed by atoms with Crippen molar-refractivity contribution in [2.24, 2.45) is 0 Å². The van der Waals surface area contributed by atoms with Crippen LogP contribution >= 0.6 is 0 Å². The van der Waals surface area contributed by atoms with Crippen LogP contribution in [0.4, 0.5) is 34.1 Å². The first-order chi connectivity index (χ1) is 31.7. The van der Waals surface area contributed by atoms with Crippen LogP contribution in [-0.4, -0.2) is 16.7 Å². The highest BCUT2D eigenvalue weighted by Gasteiger charge is 2.44. The van der Waals surface area contributed by atoms with Gasteiger partial charge >= 0.3 is 0 Å². The molecule has 0 atom stereocenters. The first kappa shape index (κ1) is 44.1. The third-order valence-corrected chi connectivity index (χ3v) is 13.8. The Morgan fingerprint density at radius 2 is 0.701 bits per heavy atom. The second-order valence-electron chi connectivity index (χ2n) is 22.9. The molecule has 4 nitrogen and oxygen atoms in total. The Balaban J connectivity index is 1.35. The summed E-state index contributed by atoms with van der Waals surface area (Å²) in [5.74, 6) is 0.700. The average molecular weight is 875 g/mol. The van der Waals surface area contributed by atoms with Gasteiger partial charge in [-0.2, -0.15) is 0 Å². The van der Waals surface area contributed by atoms with Gasteiger partial charge in [-0.1, -0.05) is 192 Å². The minimum Gasteiger partial charge on any atom is -0.311 e. The molecule has 8 aromatic rings. The smallest absolute Gasteiger partial charge is 0.252 e. The predicted molar refractivity (Wildman–Crippen MR) is 287 cm³/mol. The number of anilines is 6. The first-order valence-corrected chi connectivity index (χ1v) is 24.0. The lowest BCUT2D eigenvalue weighted by Gasteiger charge is -2.45. The van der Waals surface area contributed by atoms with E-state index in [1.807, 2.05) is 0 Å². The molecule has 0 unspecified atom stereocenters. The van der Waals surface area contributed by atoms with E-state index in [0.717, 1.165) is 50.8 Å². The Kier molecular flexibility index (Phi) is 10.5. The van der Waals surface area contributed by atoms with Crippen molar-refractivity contribution in [2.45, 2.75) is 105 Å². The fourth-order valence-electron chi connectivity index (χ4n) is 9.88. The number of rotatable bonds is 5. The molecule has 0 N–H and O–H groups in total. The van der Waals surface area contributed by atoms with Crippen molar-refractivity contribution >= 4 is 57.2 Å². The van der Waals surface area contributed by atoms with Crippen molar-refractivity contribution in [2.75, 3.05) is 9.80 Å². The molecule has 0 saturated carbocycles. The van der Waals surface area contributed by atoms with E-state index in [4.69, 9.17) is 9.97 Å². The topological polar surface area (TPSA) is 32.3 Å². The highest BCUT2D eigenvalue weighted by Crippen LogP contribution is 2.48. The van der Waals surface area contributed by atoms with E-state index < -0.39 is 0 Å². The predicted octanol–water partition coefficient (Wildman–Crippen LogP) is 14.8. The largest absolute Gasteiger partial charge is 0.311 e. The van der Waals surface area contributed by atoms with Crippen molar-refractivity contribution in [1.29, 1.82) is 0 Å². The molecule has 0 spiro atoms. The summed E-state index contributed by atoms with van der Waals surface area (Å²) >= 11 is 0. The zero-order chi connectivity index (χ0) is 47.2. The molecule has 0 fully saturated rings. The minimum atomic E-state index is -0.0731. The molecule has 0 radical (unpaired) electrons. The van der Waals surface area contributed by atoms with Crippen LogP contribution in [0.5, 0.6) is 0 Å². The third-order valence-electron chi connectivity index (χ3n) is 13.8. The SMILES string of the molecule is CC(C)(C)c1cc(N2c3ccccc3B3c4ccccc4N(c4cc(C(C)(C)C)cc(C(C)(C)C)c4)c4cc(-c5cc(-c6ccccc6)nc(-c6ccccc6)n5)cc2c43)cc(C(C)(C)C)c1. The highest BCUT2D eigenvalue weighted by molar-refractivity contribution is 7.00. The molecule has 0 aliphatic carbocycles. The van der Waals surface area contributed by atoms with Gasteiger partial charge in [0, 0.05) is 50.8 Å². The maximum absolute atomic E-state index is 5.48. The van der Waals surface area contributed by atoms with E-state index in [2.05, 4.69) is 257 Å². The van der Waals surface area contributed by atoms with Gasteiger partial charge in [0.05, 0.1) is 11.4 Å². The van der Waals surface area contributed by atoms with Gasteiger partial charge in [0.25, 0.3) is 6.71 Å². The Morgan fingerprint density at radius 1 is 0.343 bits per heavy atom. The van der Waals surface area contributed by atoms with Gasteiger partial charge in [0.1, 0.15) is 0 Å². The number of nitrogens with zero attached hydrogens (tertiary/aromatic N) is 4. The number of aromatic nitrogens is 2. The maximum atomic E-state index is 5.48. The van der Waals surface area contributed by atoms with Gasteiger partial charge < -0.3 is 9.80 Å². The molecule has 5 heteroatoms. The number of hydrogen-bond acceptors (Lipinski definition) is 4. The van der Waals surface area contributed by atoms with Gasteiger partial charge in [-0.05, 0) is 115 Å². The number of fused-ring (bicyclic) bond motifs is 4. The standard InChI is InChI=1S/C62H63BN4/c1-59(2,3)43-33-44(60(4,5)6)36-47(35-43)66-53-29-21-19-27-49(53)63-50-28-20-22-30-54(50)67(48-37-45(61(7,8)9)34-46(38-48)62(10,11)12)56-32-42(31-55(66)57(56)63)52-39-51(40-23-15-13-16-24-40)64-58(65-52)41-25-17-14-18-26-41/h13-39H,1-12H3. The van der Waals surface area contributed by atoms with Crippen molar-refractivity contribution in [1.82, 2.24) is 9.97 Å². The first-order valence-electron chi connectivity index (χ1n) is 24.0. The van der Waals surface area contributed by atoms with Crippen LogP contribution in [0, 0.1) is 0 Å². The van der Waals surface area contributed by atoms with Crippen LogP contribution in [0.3, 0.4) is 0 Å². The van der Waals surface area contributed by atoms with E-state index in [0.29, 0.717) is 5.82 Å². The van der Waals surface area contributed by atoms with Gasteiger partial charge in [-0.3, -0.25) is 0 Å². The zero-order valence-electron chi connectivity index (χ0n) is 41.5. The summed E-state index contributed by atoms with van der Waals surface area (Å²) in [5.41, 5.74) is 20.7. The van der Waals surface area contributed by atoms with Gasteiger partial charge in [0.15, 0.2) is 5.82 Å². The van der Waals surface area contributed by atoms with E-state index in [9.17, 15) is 0 Å². The lowest BCUT2D eigenvalue weighted by molar-refractivity contribution is 0.568. The lowest BCUT2D eigenvalue weighted by atomic mass is 9.33. The summed E-state index contributed by atoms with van der Waals surface area (Å²) in [6.07, 6.45) is 0. The Labute approximate surface area is 399 Å². The maximum Gasteiger partial charge on any atom is 0.252 e. The molecular weight excluding hydrogens is 812 g/mol. The van der Waals surface area contributed by atoms with Gasteiger partial charge in [-0.25, -0.2) is 9.97 Å². The van der Waals surface area contributed by atoms with Crippen LogP contribution in [0.25, 0.3) is 33.9 Å². The number of benzene rings is 7. The summed E-state index contributed by atoms with van der Waals surface area (Å²) in [4.78, 5) is 15.8. The molecule has 0 bridgehead atoms.